The van der Waals surface area contributed by atoms with Crippen molar-refractivity contribution in [2.45, 2.75) is 61.8 Å². The Labute approximate surface area is 251 Å². The number of hydrogen-bond donors (Lipinski definition) is 1. The van der Waals surface area contributed by atoms with Gasteiger partial charge in [0.1, 0.15) is 10.4 Å². The monoisotopic (exact) mass is 632 g/mol. The van der Waals surface area contributed by atoms with Crippen LogP contribution in [0.25, 0.3) is 10.6 Å². The third-order valence-corrected chi connectivity index (χ3v) is 11.9. The molecule has 5 heterocycles. The maximum Gasteiger partial charge on any atom is 0.420 e. The lowest BCUT2D eigenvalue weighted by molar-refractivity contribution is -0.137. The molecule has 1 saturated carbocycles. The number of aromatic nitrogens is 2. The molecule has 3 aromatic rings. The zero-order valence-electron chi connectivity index (χ0n) is 23.7. The molecular weight excluding hydrogens is 601 g/mol. The average Bonchev–Trinajstić information content (AvgIpc) is 3.41. The Morgan fingerprint density at radius 1 is 1.09 bits per heavy atom. The molecule has 1 aromatic carbocycles. The second kappa shape index (κ2) is 10.2. The second-order valence-electron chi connectivity index (χ2n) is 11.8. The second-order valence-corrected chi connectivity index (χ2v) is 14.9. The van der Waals surface area contributed by atoms with Crippen molar-refractivity contribution in [2.75, 3.05) is 42.7 Å². The van der Waals surface area contributed by atoms with Gasteiger partial charge < -0.3 is 15.1 Å². The molecule has 7 rings (SSSR count). The first kappa shape index (κ1) is 28.5. The summed E-state index contributed by atoms with van der Waals surface area (Å²) in [6.07, 6.45) is -0.693. The molecule has 1 amide bonds. The van der Waals surface area contributed by atoms with E-state index in [0.29, 0.717) is 30.4 Å². The smallest absolute Gasteiger partial charge is 0.366 e. The highest BCUT2D eigenvalue weighted by Gasteiger charge is 2.43. The number of anilines is 3. The standard InChI is InChI=1S/C29H31F3N6O3S2/c1-3-16-10-18(38-15-19-11-20(38)14-36(19)2)6-7-22(16)34-28-33-13-21(29(30,31)32)25(35-28)23-12-24-26(42-23)27(39)37(17-4-5-17)8-9-43(24,40)41/h6-7,10,12-13,17,19-20H,3-5,8-9,11,14-15H2,1-2H3,(H,33,34,35)/t19-,20-/m1/s1. The van der Waals surface area contributed by atoms with Crippen molar-refractivity contribution < 1.29 is 26.4 Å². The Kier molecular flexibility index (Phi) is 6.74. The number of rotatable bonds is 6. The SMILES string of the molecule is CCc1cc(N2C[C@H]3C[C@@H]2CN3C)ccc1Nc1ncc(C(F)(F)F)c(-c2cc3c(s2)C(=O)N(C2CC2)CCS3(=O)=O)n1. The van der Waals surface area contributed by atoms with Gasteiger partial charge in [-0.3, -0.25) is 9.69 Å². The van der Waals surface area contributed by atoms with Crippen LogP contribution in [0.15, 0.2) is 35.4 Å². The van der Waals surface area contributed by atoms with Gasteiger partial charge in [-0.1, -0.05) is 6.92 Å². The number of sulfone groups is 1. The summed E-state index contributed by atoms with van der Waals surface area (Å²) < 4.78 is 68.6. The maximum atomic E-state index is 14.1. The molecule has 2 saturated heterocycles. The molecule has 14 heteroatoms. The highest BCUT2D eigenvalue weighted by Crippen LogP contribution is 2.43. The first-order valence-corrected chi connectivity index (χ1v) is 16.9. The number of halogens is 3. The van der Waals surface area contributed by atoms with Crippen LogP contribution in [0.2, 0.25) is 0 Å². The van der Waals surface area contributed by atoms with Gasteiger partial charge in [-0.2, -0.15) is 13.2 Å². The van der Waals surface area contributed by atoms with Gasteiger partial charge in [-0.15, -0.1) is 11.3 Å². The maximum absolute atomic E-state index is 14.1. The fraction of sp³-hybridized carbons (Fsp3) is 0.483. The lowest BCUT2D eigenvalue weighted by Gasteiger charge is -2.34. The summed E-state index contributed by atoms with van der Waals surface area (Å²) in [6.45, 7) is 4.07. The summed E-state index contributed by atoms with van der Waals surface area (Å²) >= 11 is 0.739. The number of nitrogens with zero attached hydrogens (tertiary/aromatic N) is 5. The Hall–Kier alpha value is -3.23. The number of benzene rings is 1. The van der Waals surface area contributed by atoms with E-state index in [4.69, 9.17) is 0 Å². The van der Waals surface area contributed by atoms with Gasteiger partial charge in [0, 0.05) is 55.3 Å². The van der Waals surface area contributed by atoms with Gasteiger partial charge in [0.2, 0.25) is 5.95 Å². The molecule has 9 nitrogen and oxygen atoms in total. The molecular formula is C29H31F3N6O3S2. The van der Waals surface area contributed by atoms with E-state index < -0.39 is 33.2 Å². The first-order valence-electron chi connectivity index (χ1n) is 14.4. The van der Waals surface area contributed by atoms with Gasteiger partial charge in [-0.25, -0.2) is 18.4 Å². The average molecular weight is 633 g/mol. The van der Waals surface area contributed by atoms with Crippen LogP contribution in [0.3, 0.4) is 0 Å². The van der Waals surface area contributed by atoms with Crippen LogP contribution in [-0.2, 0) is 22.4 Å². The number of carbonyl (C=O) groups excluding carboxylic acids is 1. The van der Waals surface area contributed by atoms with Crippen molar-refractivity contribution in [1.29, 1.82) is 0 Å². The Bertz CT molecular complexity index is 1720. The number of fused-ring (bicyclic) bond motifs is 3. The predicted molar refractivity (Wildman–Crippen MR) is 158 cm³/mol. The van der Waals surface area contributed by atoms with E-state index in [0.717, 1.165) is 54.9 Å². The van der Waals surface area contributed by atoms with E-state index in [1.807, 2.05) is 19.1 Å². The molecule has 1 N–H and O–H groups in total. The minimum atomic E-state index is -4.79. The number of alkyl halides is 3. The van der Waals surface area contributed by atoms with Crippen molar-refractivity contribution in [3.63, 3.8) is 0 Å². The normalized spacial score (nSPS) is 23.5. The van der Waals surface area contributed by atoms with Crippen molar-refractivity contribution in [3.05, 3.63) is 46.5 Å². The summed E-state index contributed by atoms with van der Waals surface area (Å²) in [5.41, 5.74) is 1.20. The highest BCUT2D eigenvalue weighted by molar-refractivity contribution is 7.91. The molecule has 1 aliphatic carbocycles. The summed E-state index contributed by atoms with van der Waals surface area (Å²) in [6, 6.07) is 8.15. The van der Waals surface area contributed by atoms with Crippen LogP contribution in [0.1, 0.15) is 47.0 Å². The van der Waals surface area contributed by atoms with Crippen molar-refractivity contribution >= 4 is 44.4 Å². The van der Waals surface area contributed by atoms with Gasteiger partial charge in [0.05, 0.1) is 21.2 Å². The number of piperazine rings is 1. The van der Waals surface area contributed by atoms with Gasteiger partial charge in [0.15, 0.2) is 9.84 Å². The lowest BCUT2D eigenvalue weighted by atomic mass is 10.1. The van der Waals surface area contributed by atoms with Gasteiger partial charge in [-0.05, 0) is 62.6 Å². The number of nitrogens with one attached hydrogen (secondary N) is 1. The first-order chi connectivity index (χ1) is 20.4. The molecule has 228 valence electrons. The molecule has 2 atom stereocenters. The molecule has 3 aliphatic heterocycles. The van der Waals surface area contributed by atoms with Crippen LogP contribution >= 0.6 is 11.3 Å². The number of carbonyl (C=O) groups is 1. The Balaban J connectivity index is 1.24. The third-order valence-electron chi connectivity index (χ3n) is 8.97. The molecule has 2 bridgehead atoms. The zero-order valence-corrected chi connectivity index (χ0v) is 25.3. The fourth-order valence-corrected chi connectivity index (χ4v) is 9.40. The van der Waals surface area contributed by atoms with Crippen molar-refractivity contribution in [3.8, 4) is 10.6 Å². The van der Waals surface area contributed by atoms with E-state index in [1.54, 1.807) is 0 Å². The number of likely N-dealkylation sites (tertiary alicyclic amines) is 1. The van der Waals surface area contributed by atoms with E-state index in [1.165, 1.54) is 11.0 Å². The van der Waals surface area contributed by atoms with Crippen molar-refractivity contribution in [1.82, 2.24) is 19.8 Å². The van der Waals surface area contributed by atoms with E-state index >= 15 is 0 Å². The summed E-state index contributed by atoms with van der Waals surface area (Å²) in [4.78, 5) is 27.5. The Morgan fingerprint density at radius 3 is 2.53 bits per heavy atom. The van der Waals surface area contributed by atoms with Crippen LogP contribution in [-0.4, -0.2) is 84.7 Å². The Morgan fingerprint density at radius 2 is 1.88 bits per heavy atom. The quantitative estimate of drug-likeness (QED) is 0.414. The number of amides is 1. The number of thiophene rings is 1. The van der Waals surface area contributed by atoms with Crippen LogP contribution in [0.4, 0.5) is 30.5 Å². The molecule has 0 spiro atoms. The molecule has 3 fully saturated rings. The largest absolute Gasteiger partial charge is 0.420 e. The van der Waals surface area contributed by atoms with Gasteiger partial charge >= 0.3 is 6.18 Å². The zero-order chi connectivity index (χ0) is 30.3. The summed E-state index contributed by atoms with van der Waals surface area (Å²) in [5, 5.41) is 3.09. The predicted octanol–water partition coefficient (Wildman–Crippen LogP) is 4.81. The van der Waals surface area contributed by atoms with Crippen LogP contribution in [0.5, 0.6) is 0 Å². The van der Waals surface area contributed by atoms with Gasteiger partial charge in [0.25, 0.3) is 5.91 Å². The summed E-state index contributed by atoms with van der Waals surface area (Å²) in [5.74, 6) is -0.780. The molecule has 0 unspecified atom stereocenters. The van der Waals surface area contributed by atoms with E-state index in [9.17, 15) is 26.4 Å². The minimum absolute atomic E-state index is 0.0269. The van der Waals surface area contributed by atoms with Crippen molar-refractivity contribution in [2.24, 2.45) is 0 Å². The minimum Gasteiger partial charge on any atom is -0.366 e. The number of hydrogen-bond acceptors (Lipinski definition) is 9. The number of aryl methyl sites for hydroxylation is 1. The molecule has 43 heavy (non-hydrogen) atoms. The van der Waals surface area contributed by atoms with E-state index in [2.05, 4.69) is 38.2 Å². The lowest BCUT2D eigenvalue weighted by Crippen LogP contribution is -2.44. The van der Waals surface area contributed by atoms with Crippen LogP contribution < -0.4 is 10.2 Å². The molecule has 4 aliphatic rings. The van der Waals surface area contributed by atoms with E-state index in [-0.39, 0.29) is 38.9 Å². The topological polar surface area (TPSA) is 98.7 Å². The van der Waals surface area contributed by atoms with Crippen LogP contribution in [0, 0.1) is 0 Å². The number of likely N-dealkylation sites (N-methyl/N-ethyl adjacent to an activating group) is 1. The molecule has 0 radical (unpaired) electrons. The summed E-state index contributed by atoms with van der Waals surface area (Å²) in [7, 11) is -1.72. The third kappa shape index (κ3) is 5.06. The molecule has 2 aromatic heterocycles. The highest BCUT2D eigenvalue weighted by atomic mass is 32.2. The fourth-order valence-electron chi connectivity index (χ4n) is 6.48.